The van der Waals surface area contributed by atoms with Gasteiger partial charge in [-0.15, -0.1) is 0 Å². The number of benzene rings is 1. The van der Waals surface area contributed by atoms with Crippen LogP contribution < -0.4 is 5.73 Å². The standard InChI is InChI=1S/C14H20BrFN2/c1-18-7-3-2-4-10(9-17)14(18)12-6-5-11(15)8-13(12)16/h5-6,8,10,14H,2-4,7,9,17H2,1H3. The van der Waals surface area contributed by atoms with Crippen molar-refractivity contribution in [3.63, 3.8) is 0 Å². The first kappa shape index (κ1) is 14.0. The van der Waals surface area contributed by atoms with Gasteiger partial charge in [-0.25, -0.2) is 4.39 Å². The molecule has 1 heterocycles. The zero-order valence-corrected chi connectivity index (χ0v) is 12.3. The quantitative estimate of drug-likeness (QED) is 0.907. The van der Waals surface area contributed by atoms with Crippen LogP contribution in [0.2, 0.25) is 0 Å². The Morgan fingerprint density at radius 1 is 1.44 bits per heavy atom. The summed E-state index contributed by atoms with van der Waals surface area (Å²) in [5, 5.41) is 0. The van der Waals surface area contributed by atoms with Crippen LogP contribution in [0, 0.1) is 11.7 Å². The van der Waals surface area contributed by atoms with E-state index in [2.05, 4.69) is 27.9 Å². The highest BCUT2D eigenvalue weighted by atomic mass is 79.9. The molecule has 1 fully saturated rings. The highest BCUT2D eigenvalue weighted by molar-refractivity contribution is 9.10. The fraction of sp³-hybridized carbons (Fsp3) is 0.571. The van der Waals surface area contributed by atoms with Crippen LogP contribution in [0.1, 0.15) is 30.9 Å². The summed E-state index contributed by atoms with van der Waals surface area (Å²) in [5.74, 6) is 0.203. The molecule has 2 N–H and O–H groups in total. The Labute approximate surface area is 116 Å². The second-order valence-electron chi connectivity index (χ2n) is 5.08. The van der Waals surface area contributed by atoms with E-state index < -0.39 is 0 Å². The molecule has 0 spiro atoms. The first-order valence-electron chi connectivity index (χ1n) is 6.48. The molecule has 0 aliphatic carbocycles. The van der Waals surface area contributed by atoms with Gasteiger partial charge in [0.05, 0.1) is 0 Å². The first-order valence-corrected chi connectivity index (χ1v) is 7.28. The third-order valence-electron chi connectivity index (χ3n) is 3.84. The molecule has 1 aliphatic heterocycles. The second-order valence-corrected chi connectivity index (χ2v) is 6.00. The minimum atomic E-state index is -0.137. The molecule has 0 bridgehead atoms. The Hall–Kier alpha value is -0.450. The molecule has 2 nitrogen and oxygen atoms in total. The molecule has 0 radical (unpaired) electrons. The minimum Gasteiger partial charge on any atom is -0.330 e. The van der Waals surface area contributed by atoms with E-state index in [4.69, 9.17) is 5.73 Å². The van der Waals surface area contributed by atoms with E-state index in [0.717, 1.165) is 23.0 Å². The van der Waals surface area contributed by atoms with E-state index in [1.54, 1.807) is 6.07 Å². The number of likely N-dealkylation sites (tertiary alicyclic amines) is 1. The summed E-state index contributed by atoms with van der Waals surface area (Å²) >= 11 is 3.30. The summed E-state index contributed by atoms with van der Waals surface area (Å²) < 4.78 is 14.9. The predicted molar refractivity (Wildman–Crippen MR) is 75.9 cm³/mol. The predicted octanol–water partition coefficient (Wildman–Crippen LogP) is 3.32. The summed E-state index contributed by atoms with van der Waals surface area (Å²) in [5.41, 5.74) is 6.66. The molecule has 1 aromatic rings. The van der Waals surface area contributed by atoms with Gasteiger partial charge in [-0.05, 0) is 51.0 Å². The highest BCUT2D eigenvalue weighted by Crippen LogP contribution is 2.35. The summed E-state index contributed by atoms with van der Waals surface area (Å²) in [6.07, 6.45) is 3.43. The number of nitrogens with two attached hydrogens (primary N) is 1. The van der Waals surface area contributed by atoms with Crippen LogP contribution in [-0.2, 0) is 0 Å². The molecule has 0 saturated carbocycles. The van der Waals surface area contributed by atoms with Crippen LogP contribution >= 0.6 is 15.9 Å². The molecule has 2 atom stereocenters. The third kappa shape index (κ3) is 2.92. The zero-order chi connectivity index (χ0) is 13.1. The van der Waals surface area contributed by atoms with Crippen molar-refractivity contribution in [3.8, 4) is 0 Å². The largest absolute Gasteiger partial charge is 0.330 e. The molecule has 2 rings (SSSR count). The van der Waals surface area contributed by atoms with E-state index in [-0.39, 0.29) is 11.9 Å². The Bertz CT molecular complexity index is 411. The lowest BCUT2D eigenvalue weighted by Gasteiger charge is -2.32. The molecule has 1 aliphatic rings. The molecule has 4 heteroatoms. The SMILES string of the molecule is CN1CCCCC(CN)C1c1ccc(Br)cc1F. The van der Waals surface area contributed by atoms with E-state index >= 15 is 0 Å². The molecular formula is C14H20BrFN2. The fourth-order valence-electron chi connectivity index (χ4n) is 2.90. The third-order valence-corrected chi connectivity index (χ3v) is 4.33. The number of hydrogen-bond donors (Lipinski definition) is 1. The van der Waals surface area contributed by atoms with Crippen molar-refractivity contribution in [2.24, 2.45) is 11.7 Å². The molecule has 2 unspecified atom stereocenters. The molecule has 0 amide bonds. The topological polar surface area (TPSA) is 29.3 Å². The number of halogens is 2. The molecule has 100 valence electrons. The van der Waals surface area contributed by atoms with Crippen LogP contribution in [0.5, 0.6) is 0 Å². The zero-order valence-electron chi connectivity index (χ0n) is 10.7. The van der Waals surface area contributed by atoms with Crippen LogP contribution in [-0.4, -0.2) is 25.0 Å². The van der Waals surface area contributed by atoms with Gasteiger partial charge >= 0.3 is 0 Å². The van der Waals surface area contributed by atoms with Crippen molar-refractivity contribution < 1.29 is 4.39 Å². The minimum absolute atomic E-state index is 0.102. The monoisotopic (exact) mass is 314 g/mol. The van der Waals surface area contributed by atoms with Crippen molar-refractivity contribution in [2.45, 2.75) is 25.3 Å². The normalized spacial score (nSPS) is 26.0. The summed E-state index contributed by atoms with van der Waals surface area (Å²) in [7, 11) is 2.07. The Morgan fingerprint density at radius 2 is 2.22 bits per heavy atom. The fourth-order valence-corrected chi connectivity index (χ4v) is 3.24. The lowest BCUT2D eigenvalue weighted by atomic mass is 9.89. The van der Waals surface area contributed by atoms with Gasteiger partial charge in [0.1, 0.15) is 5.82 Å². The molecular weight excluding hydrogens is 295 g/mol. The van der Waals surface area contributed by atoms with Crippen LogP contribution in [0.4, 0.5) is 4.39 Å². The van der Waals surface area contributed by atoms with Gasteiger partial charge in [0.15, 0.2) is 0 Å². The van der Waals surface area contributed by atoms with Gasteiger partial charge in [-0.2, -0.15) is 0 Å². The van der Waals surface area contributed by atoms with Crippen molar-refractivity contribution in [1.82, 2.24) is 4.90 Å². The van der Waals surface area contributed by atoms with Crippen molar-refractivity contribution in [1.29, 1.82) is 0 Å². The van der Waals surface area contributed by atoms with E-state index in [9.17, 15) is 4.39 Å². The van der Waals surface area contributed by atoms with Gasteiger partial charge in [0, 0.05) is 16.1 Å². The Morgan fingerprint density at radius 3 is 2.89 bits per heavy atom. The Balaban J connectivity index is 2.36. The highest BCUT2D eigenvalue weighted by Gasteiger charge is 2.29. The summed E-state index contributed by atoms with van der Waals surface area (Å²) in [4.78, 5) is 2.25. The smallest absolute Gasteiger partial charge is 0.129 e. The van der Waals surface area contributed by atoms with Crippen LogP contribution in [0.25, 0.3) is 0 Å². The van der Waals surface area contributed by atoms with Gasteiger partial charge in [0.2, 0.25) is 0 Å². The maximum Gasteiger partial charge on any atom is 0.129 e. The summed E-state index contributed by atoms with van der Waals surface area (Å²) in [6, 6.07) is 5.44. The van der Waals surface area contributed by atoms with Crippen LogP contribution in [0.15, 0.2) is 22.7 Å². The van der Waals surface area contributed by atoms with Gasteiger partial charge < -0.3 is 5.73 Å². The van der Waals surface area contributed by atoms with Gasteiger partial charge in [-0.1, -0.05) is 28.4 Å². The second kappa shape index (κ2) is 6.13. The maximum atomic E-state index is 14.2. The average Bonchev–Trinajstić information content (AvgIpc) is 2.51. The maximum absolute atomic E-state index is 14.2. The van der Waals surface area contributed by atoms with Gasteiger partial charge in [0.25, 0.3) is 0 Å². The average molecular weight is 315 g/mol. The van der Waals surface area contributed by atoms with Crippen LogP contribution in [0.3, 0.4) is 0 Å². The molecule has 1 aromatic carbocycles. The lowest BCUT2D eigenvalue weighted by molar-refractivity contribution is 0.191. The summed E-state index contributed by atoms with van der Waals surface area (Å²) in [6.45, 7) is 1.63. The number of rotatable bonds is 2. The molecule has 1 saturated heterocycles. The first-order chi connectivity index (χ1) is 8.63. The van der Waals surface area contributed by atoms with Crippen molar-refractivity contribution >= 4 is 15.9 Å². The van der Waals surface area contributed by atoms with E-state index in [1.165, 1.54) is 12.8 Å². The van der Waals surface area contributed by atoms with Gasteiger partial charge in [-0.3, -0.25) is 4.90 Å². The molecule has 0 aromatic heterocycles. The Kier molecular flexibility index (Phi) is 4.76. The van der Waals surface area contributed by atoms with Crippen molar-refractivity contribution in [2.75, 3.05) is 20.1 Å². The molecule has 18 heavy (non-hydrogen) atoms. The number of nitrogens with zero attached hydrogens (tertiary/aromatic N) is 1. The number of hydrogen-bond acceptors (Lipinski definition) is 2. The lowest BCUT2D eigenvalue weighted by Crippen LogP contribution is -2.33. The van der Waals surface area contributed by atoms with E-state index in [0.29, 0.717) is 12.5 Å². The van der Waals surface area contributed by atoms with Crippen molar-refractivity contribution in [3.05, 3.63) is 34.1 Å². The van der Waals surface area contributed by atoms with E-state index in [1.807, 2.05) is 12.1 Å².